The number of hydrogen-bond donors (Lipinski definition) is 2. The first-order chi connectivity index (χ1) is 14.7. The van der Waals surface area contributed by atoms with Crippen molar-refractivity contribution in [3.05, 3.63) is 70.5 Å². The molecule has 11 nitrogen and oxygen atoms in total. The summed E-state index contributed by atoms with van der Waals surface area (Å²) in [6, 6.07) is 11.3. The molecular weight excluding hydrogens is 422 g/mol. The highest BCUT2D eigenvalue weighted by Crippen LogP contribution is 2.30. The number of hydrogen-bond acceptors (Lipinski definition) is 8. The Hall–Kier alpha value is -4.06. The maximum absolute atomic E-state index is 12.8. The normalized spacial score (nSPS) is 11.4. The Bertz CT molecular complexity index is 1420. The van der Waals surface area contributed by atoms with Crippen molar-refractivity contribution in [3.8, 4) is 0 Å². The minimum Gasteiger partial charge on any atom is -0.337 e. The molecule has 4 rings (SSSR count). The zero-order chi connectivity index (χ0) is 22.2. The number of fused-ring (bicyclic) bond motifs is 1. The van der Waals surface area contributed by atoms with Crippen LogP contribution >= 0.6 is 0 Å². The Kier molecular flexibility index (Phi) is 4.99. The first-order valence-electron chi connectivity index (χ1n) is 9.03. The van der Waals surface area contributed by atoms with Gasteiger partial charge in [-0.15, -0.1) is 0 Å². The Morgan fingerprint density at radius 2 is 1.74 bits per heavy atom. The summed E-state index contributed by atoms with van der Waals surface area (Å²) in [5.74, 6) is 0.0585. The van der Waals surface area contributed by atoms with Gasteiger partial charge in [0.1, 0.15) is 4.90 Å². The fraction of sp³-hybridized carbons (Fsp3) is 0.105. The molecule has 0 fully saturated rings. The number of non-ortho nitro benzene ring substituents is 1. The first-order valence-corrected chi connectivity index (χ1v) is 10.5. The van der Waals surface area contributed by atoms with Gasteiger partial charge < -0.3 is 5.32 Å². The summed E-state index contributed by atoms with van der Waals surface area (Å²) >= 11 is 0. The highest BCUT2D eigenvalue weighted by molar-refractivity contribution is 7.92. The number of aromatic nitrogens is 4. The van der Waals surface area contributed by atoms with Crippen LogP contribution in [-0.4, -0.2) is 33.1 Å². The molecule has 0 aliphatic rings. The van der Waals surface area contributed by atoms with E-state index in [0.29, 0.717) is 22.3 Å². The van der Waals surface area contributed by atoms with Crippen LogP contribution in [0.4, 0.5) is 23.0 Å². The van der Waals surface area contributed by atoms with Gasteiger partial charge in [0.2, 0.25) is 0 Å². The Morgan fingerprint density at radius 1 is 1.06 bits per heavy atom. The zero-order valence-corrected chi connectivity index (χ0v) is 17.3. The van der Waals surface area contributed by atoms with Crippen LogP contribution in [-0.2, 0) is 17.1 Å². The fourth-order valence-corrected chi connectivity index (χ4v) is 3.86. The predicted octanol–water partition coefficient (Wildman–Crippen LogP) is 3.12. The third-order valence-electron chi connectivity index (χ3n) is 4.48. The monoisotopic (exact) mass is 439 g/mol. The summed E-state index contributed by atoms with van der Waals surface area (Å²) in [6.07, 6.45) is 2.57. The number of sulfonamides is 1. The topological polar surface area (TPSA) is 145 Å². The van der Waals surface area contributed by atoms with Crippen molar-refractivity contribution in [2.45, 2.75) is 11.8 Å². The van der Waals surface area contributed by atoms with Crippen LogP contribution in [0, 0.1) is 17.0 Å². The SMILES string of the molecule is Cc1ccc([N+](=O)[O-])cc1Nc1nc2ccccc2nc1NS(=O)(=O)c1cnn(C)c1. The molecule has 31 heavy (non-hydrogen) atoms. The van der Waals surface area contributed by atoms with Gasteiger partial charge >= 0.3 is 0 Å². The lowest BCUT2D eigenvalue weighted by Crippen LogP contribution is -2.15. The number of nitro benzene ring substituents is 1. The Labute approximate surface area is 177 Å². The quantitative estimate of drug-likeness (QED) is 0.344. The van der Waals surface area contributed by atoms with Gasteiger partial charge in [-0.05, 0) is 24.6 Å². The standard InChI is InChI=1S/C19H17N7O4S/c1-12-7-8-13(26(27)28)9-17(12)23-18-19(22-16-6-4-3-5-15(16)21-18)24-31(29,30)14-10-20-25(2)11-14/h3-11H,1-2H3,(H,21,23)(H,22,24). The van der Waals surface area contributed by atoms with Crippen molar-refractivity contribution in [2.24, 2.45) is 7.05 Å². The van der Waals surface area contributed by atoms with Crippen LogP contribution in [0.15, 0.2) is 59.8 Å². The molecule has 0 saturated carbocycles. The summed E-state index contributed by atoms with van der Waals surface area (Å²) in [5.41, 5.74) is 2.01. The van der Waals surface area contributed by atoms with Gasteiger partial charge in [-0.3, -0.25) is 19.5 Å². The van der Waals surface area contributed by atoms with E-state index in [9.17, 15) is 18.5 Å². The fourth-order valence-electron chi connectivity index (χ4n) is 2.87. The van der Waals surface area contributed by atoms with Crippen molar-refractivity contribution in [1.29, 1.82) is 0 Å². The van der Waals surface area contributed by atoms with Crippen molar-refractivity contribution in [3.63, 3.8) is 0 Å². The molecule has 0 spiro atoms. The van der Waals surface area contributed by atoms with Crippen LogP contribution < -0.4 is 10.0 Å². The molecule has 4 aromatic rings. The second-order valence-electron chi connectivity index (χ2n) is 6.75. The molecule has 12 heteroatoms. The molecular formula is C19H17N7O4S. The predicted molar refractivity (Wildman–Crippen MR) is 115 cm³/mol. The van der Waals surface area contributed by atoms with Crippen LogP contribution in [0.25, 0.3) is 11.0 Å². The summed E-state index contributed by atoms with van der Waals surface area (Å²) in [6.45, 7) is 1.76. The maximum atomic E-state index is 12.8. The molecule has 2 heterocycles. The second-order valence-corrected chi connectivity index (χ2v) is 8.43. The van der Waals surface area contributed by atoms with Crippen molar-refractivity contribution < 1.29 is 13.3 Å². The number of nitrogens with zero attached hydrogens (tertiary/aromatic N) is 5. The lowest BCUT2D eigenvalue weighted by molar-refractivity contribution is -0.384. The molecule has 0 unspecified atom stereocenters. The second kappa shape index (κ2) is 7.65. The third-order valence-corrected chi connectivity index (χ3v) is 5.77. The van der Waals surface area contributed by atoms with Gasteiger partial charge in [-0.1, -0.05) is 18.2 Å². The molecule has 0 amide bonds. The van der Waals surface area contributed by atoms with E-state index in [1.165, 1.54) is 29.2 Å². The molecule has 2 N–H and O–H groups in total. The third kappa shape index (κ3) is 4.14. The summed E-state index contributed by atoms with van der Waals surface area (Å²) in [4.78, 5) is 19.5. The van der Waals surface area contributed by atoms with Gasteiger partial charge in [0.05, 0.1) is 22.2 Å². The number of aryl methyl sites for hydroxylation is 2. The van der Waals surface area contributed by atoms with Crippen LogP contribution in [0.5, 0.6) is 0 Å². The number of para-hydroxylation sites is 2. The van der Waals surface area contributed by atoms with Crippen LogP contribution in [0.1, 0.15) is 5.56 Å². The summed E-state index contributed by atoms with van der Waals surface area (Å²) < 4.78 is 29.4. The molecule has 0 aliphatic heterocycles. The van der Waals surface area contributed by atoms with E-state index in [0.717, 1.165) is 0 Å². The van der Waals surface area contributed by atoms with Gasteiger partial charge in [0, 0.05) is 31.1 Å². The minimum absolute atomic E-state index is 0.0394. The number of anilines is 3. The molecule has 0 aliphatic carbocycles. The summed E-state index contributed by atoms with van der Waals surface area (Å²) in [5, 5.41) is 18.0. The highest BCUT2D eigenvalue weighted by Gasteiger charge is 2.21. The van der Waals surface area contributed by atoms with Gasteiger partial charge in [-0.2, -0.15) is 5.10 Å². The Balaban J connectivity index is 1.81. The van der Waals surface area contributed by atoms with Crippen molar-refractivity contribution in [2.75, 3.05) is 10.0 Å². The molecule has 158 valence electrons. The minimum atomic E-state index is -3.99. The molecule has 2 aromatic carbocycles. The average Bonchev–Trinajstić information content (AvgIpc) is 3.17. The number of nitrogens with one attached hydrogen (secondary N) is 2. The molecule has 2 aromatic heterocycles. The van der Waals surface area contributed by atoms with Gasteiger partial charge in [0.25, 0.3) is 15.7 Å². The van der Waals surface area contributed by atoms with Crippen LogP contribution in [0.3, 0.4) is 0 Å². The van der Waals surface area contributed by atoms with E-state index in [1.807, 2.05) is 0 Å². The lowest BCUT2D eigenvalue weighted by Gasteiger charge is -2.14. The Morgan fingerprint density at radius 3 is 2.35 bits per heavy atom. The zero-order valence-electron chi connectivity index (χ0n) is 16.5. The smallest absolute Gasteiger partial charge is 0.271 e. The molecule has 0 radical (unpaired) electrons. The summed E-state index contributed by atoms with van der Waals surface area (Å²) in [7, 11) is -2.39. The number of nitro groups is 1. The number of rotatable bonds is 6. The molecule has 0 saturated heterocycles. The van der Waals surface area contributed by atoms with Crippen molar-refractivity contribution >= 4 is 44.1 Å². The van der Waals surface area contributed by atoms with Gasteiger partial charge in [-0.25, -0.2) is 18.4 Å². The van der Waals surface area contributed by atoms with E-state index in [4.69, 9.17) is 0 Å². The largest absolute Gasteiger partial charge is 0.337 e. The van der Waals surface area contributed by atoms with E-state index >= 15 is 0 Å². The average molecular weight is 439 g/mol. The highest BCUT2D eigenvalue weighted by atomic mass is 32.2. The molecule has 0 bridgehead atoms. The van der Waals surface area contributed by atoms with E-state index in [1.54, 1.807) is 44.3 Å². The van der Waals surface area contributed by atoms with Crippen LogP contribution in [0.2, 0.25) is 0 Å². The van der Waals surface area contributed by atoms with E-state index in [-0.39, 0.29) is 22.2 Å². The van der Waals surface area contributed by atoms with Gasteiger partial charge in [0.15, 0.2) is 11.6 Å². The first kappa shape index (κ1) is 20.2. The van der Waals surface area contributed by atoms with E-state index in [2.05, 4.69) is 25.1 Å². The lowest BCUT2D eigenvalue weighted by atomic mass is 10.2. The number of benzene rings is 2. The van der Waals surface area contributed by atoms with E-state index < -0.39 is 14.9 Å². The maximum Gasteiger partial charge on any atom is 0.271 e. The van der Waals surface area contributed by atoms with Crippen molar-refractivity contribution in [1.82, 2.24) is 19.7 Å². The molecule has 0 atom stereocenters.